The molecular formula is C16H35N3. The summed E-state index contributed by atoms with van der Waals surface area (Å²) < 4.78 is 0. The van der Waals surface area contributed by atoms with Gasteiger partial charge in [0.15, 0.2) is 0 Å². The van der Waals surface area contributed by atoms with Gasteiger partial charge in [-0.2, -0.15) is 0 Å². The molecule has 0 aromatic heterocycles. The molecule has 1 atom stereocenters. The predicted molar refractivity (Wildman–Crippen MR) is 84.7 cm³/mol. The Bertz CT molecular complexity index is 246. The zero-order valence-corrected chi connectivity index (χ0v) is 14.0. The van der Waals surface area contributed by atoms with Crippen LogP contribution in [0.2, 0.25) is 0 Å². The Morgan fingerprint density at radius 2 is 1.74 bits per heavy atom. The molecule has 1 aliphatic carbocycles. The Morgan fingerprint density at radius 3 is 2.16 bits per heavy atom. The summed E-state index contributed by atoms with van der Waals surface area (Å²) in [5.41, 5.74) is 0.445. The number of nitrogens with zero attached hydrogens (tertiary/aromatic N) is 2. The van der Waals surface area contributed by atoms with Crippen LogP contribution < -0.4 is 5.32 Å². The molecule has 1 saturated carbocycles. The van der Waals surface area contributed by atoms with Crippen molar-refractivity contribution in [1.29, 1.82) is 0 Å². The van der Waals surface area contributed by atoms with Crippen LogP contribution in [0, 0.1) is 5.92 Å². The van der Waals surface area contributed by atoms with Gasteiger partial charge in [-0.1, -0.05) is 13.8 Å². The molecule has 0 aromatic rings. The highest BCUT2D eigenvalue weighted by molar-refractivity contribution is 4.98. The average Bonchev–Trinajstić information content (AvgIpc) is 2.27. The minimum Gasteiger partial charge on any atom is -0.315 e. The second-order valence-corrected chi connectivity index (χ2v) is 7.12. The molecule has 1 rings (SSSR count). The fourth-order valence-electron chi connectivity index (χ4n) is 2.81. The molecule has 0 aromatic carbocycles. The predicted octanol–water partition coefficient (Wildman–Crippen LogP) is 2.43. The number of hydrogen-bond acceptors (Lipinski definition) is 3. The quantitative estimate of drug-likeness (QED) is 0.649. The lowest BCUT2D eigenvalue weighted by molar-refractivity contribution is 0.0182. The van der Waals surface area contributed by atoms with Crippen molar-refractivity contribution in [2.75, 3.05) is 40.8 Å². The minimum atomic E-state index is 0.445. The first-order chi connectivity index (χ1) is 8.87. The molecule has 0 heterocycles. The smallest absolute Gasteiger partial charge is 0.0330 e. The molecule has 0 amide bonds. The maximum Gasteiger partial charge on any atom is 0.0330 e. The van der Waals surface area contributed by atoms with Crippen molar-refractivity contribution < 1.29 is 0 Å². The molecule has 1 fully saturated rings. The van der Waals surface area contributed by atoms with Crippen LogP contribution in [0.15, 0.2) is 0 Å². The van der Waals surface area contributed by atoms with Crippen LogP contribution in [-0.2, 0) is 0 Å². The third-order valence-electron chi connectivity index (χ3n) is 4.87. The maximum atomic E-state index is 3.59. The normalized spacial score (nSPS) is 20.1. The first kappa shape index (κ1) is 16.9. The number of hydrogen-bond donors (Lipinski definition) is 1. The fourth-order valence-corrected chi connectivity index (χ4v) is 2.81. The zero-order chi connectivity index (χ0) is 14.5. The van der Waals surface area contributed by atoms with Crippen molar-refractivity contribution in [3.8, 4) is 0 Å². The first-order valence-electron chi connectivity index (χ1n) is 7.96. The molecule has 1 N–H and O–H groups in total. The van der Waals surface area contributed by atoms with Crippen molar-refractivity contribution >= 4 is 0 Å². The van der Waals surface area contributed by atoms with Gasteiger partial charge in [0.25, 0.3) is 0 Å². The summed E-state index contributed by atoms with van der Waals surface area (Å²) in [4.78, 5) is 4.97. The summed E-state index contributed by atoms with van der Waals surface area (Å²) >= 11 is 0. The molecular weight excluding hydrogens is 234 g/mol. The summed E-state index contributed by atoms with van der Waals surface area (Å²) in [6.07, 6.45) is 5.39. The largest absolute Gasteiger partial charge is 0.315 e. The van der Waals surface area contributed by atoms with E-state index in [2.05, 4.69) is 57.0 Å². The van der Waals surface area contributed by atoms with Gasteiger partial charge in [-0.05, 0) is 66.2 Å². The van der Waals surface area contributed by atoms with Gasteiger partial charge in [0.1, 0.15) is 0 Å². The highest BCUT2D eigenvalue weighted by Gasteiger charge is 2.40. The van der Waals surface area contributed by atoms with Gasteiger partial charge in [-0.25, -0.2) is 0 Å². The van der Waals surface area contributed by atoms with E-state index < -0.39 is 0 Å². The lowest BCUT2D eigenvalue weighted by atomic mass is 9.75. The van der Waals surface area contributed by atoms with E-state index in [-0.39, 0.29) is 0 Å². The van der Waals surface area contributed by atoms with E-state index in [1.807, 2.05) is 0 Å². The minimum absolute atomic E-state index is 0.445. The van der Waals surface area contributed by atoms with Gasteiger partial charge in [-0.3, -0.25) is 0 Å². The Kier molecular flexibility index (Phi) is 6.78. The fraction of sp³-hybridized carbons (Fsp3) is 1.00. The van der Waals surface area contributed by atoms with Gasteiger partial charge in [0.05, 0.1) is 0 Å². The molecule has 1 aliphatic rings. The second-order valence-electron chi connectivity index (χ2n) is 7.12. The molecule has 3 heteroatoms. The molecule has 3 nitrogen and oxygen atoms in total. The van der Waals surface area contributed by atoms with Gasteiger partial charge in [-0.15, -0.1) is 0 Å². The van der Waals surface area contributed by atoms with Crippen LogP contribution in [0.3, 0.4) is 0 Å². The molecule has 0 bridgehead atoms. The Labute approximate surface area is 120 Å². The highest BCUT2D eigenvalue weighted by atomic mass is 15.2. The molecule has 19 heavy (non-hydrogen) atoms. The van der Waals surface area contributed by atoms with Crippen LogP contribution in [0.1, 0.15) is 46.5 Å². The summed E-state index contributed by atoms with van der Waals surface area (Å²) in [5, 5.41) is 3.59. The summed E-state index contributed by atoms with van der Waals surface area (Å²) in [7, 11) is 6.75. The average molecular weight is 269 g/mol. The first-order valence-corrected chi connectivity index (χ1v) is 7.96. The standard InChI is InChI=1S/C16H35N3/c1-14(2)8-11-17-12-15(3)19(6)13-16(18(4)5)9-7-10-16/h14-15,17H,7-13H2,1-6H3. The molecule has 0 aliphatic heterocycles. The molecule has 114 valence electrons. The van der Waals surface area contributed by atoms with Crippen LogP contribution in [0.5, 0.6) is 0 Å². The number of rotatable bonds is 9. The van der Waals surface area contributed by atoms with Crippen molar-refractivity contribution in [1.82, 2.24) is 15.1 Å². The lowest BCUT2D eigenvalue weighted by Crippen LogP contribution is -2.58. The van der Waals surface area contributed by atoms with Crippen molar-refractivity contribution in [2.45, 2.75) is 58.0 Å². The molecule has 0 spiro atoms. The summed E-state index contributed by atoms with van der Waals surface area (Å²) in [5.74, 6) is 0.799. The van der Waals surface area contributed by atoms with E-state index in [1.165, 1.54) is 32.2 Å². The van der Waals surface area contributed by atoms with Gasteiger partial charge in [0.2, 0.25) is 0 Å². The van der Waals surface area contributed by atoms with Crippen LogP contribution in [-0.4, -0.2) is 62.2 Å². The molecule has 0 saturated heterocycles. The zero-order valence-electron chi connectivity index (χ0n) is 14.0. The van der Waals surface area contributed by atoms with Gasteiger partial charge >= 0.3 is 0 Å². The van der Waals surface area contributed by atoms with E-state index in [0.717, 1.165) is 19.0 Å². The van der Waals surface area contributed by atoms with E-state index in [1.54, 1.807) is 0 Å². The van der Waals surface area contributed by atoms with Crippen LogP contribution in [0.25, 0.3) is 0 Å². The van der Waals surface area contributed by atoms with Gasteiger partial charge < -0.3 is 15.1 Å². The maximum absolute atomic E-state index is 3.59. The Balaban J connectivity index is 2.26. The number of nitrogens with one attached hydrogen (secondary N) is 1. The molecule has 0 radical (unpaired) electrons. The topological polar surface area (TPSA) is 18.5 Å². The lowest BCUT2D eigenvalue weighted by Gasteiger charge is -2.50. The number of likely N-dealkylation sites (N-methyl/N-ethyl adjacent to an activating group) is 2. The van der Waals surface area contributed by atoms with E-state index >= 15 is 0 Å². The van der Waals surface area contributed by atoms with E-state index in [9.17, 15) is 0 Å². The van der Waals surface area contributed by atoms with Crippen LogP contribution >= 0.6 is 0 Å². The van der Waals surface area contributed by atoms with E-state index in [4.69, 9.17) is 0 Å². The van der Waals surface area contributed by atoms with Crippen molar-refractivity contribution in [2.24, 2.45) is 5.92 Å². The SMILES string of the molecule is CC(C)CCNCC(C)N(C)CC1(N(C)C)CCC1. The highest BCUT2D eigenvalue weighted by Crippen LogP contribution is 2.36. The Morgan fingerprint density at radius 1 is 1.11 bits per heavy atom. The second kappa shape index (κ2) is 7.61. The third kappa shape index (κ3) is 5.05. The van der Waals surface area contributed by atoms with E-state index in [0.29, 0.717) is 11.6 Å². The van der Waals surface area contributed by atoms with Crippen LogP contribution in [0.4, 0.5) is 0 Å². The summed E-state index contributed by atoms with van der Waals surface area (Å²) in [6, 6.07) is 0.615. The van der Waals surface area contributed by atoms with Crippen molar-refractivity contribution in [3.05, 3.63) is 0 Å². The monoisotopic (exact) mass is 269 g/mol. The molecule has 1 unspecified atom stereocenters. The summed E-state index contributed by atoms with van der Waals surface area (Å²) in [6.45, 7) is 10.4. The van der Waals surface area contributed by atoms with Gasteiger partial charge in [0, 0.05) is 24.7 Å². The third-order valence-corrected chi connectivity index (χ3v) is 4.87. The van der Waals surface area contributed by atoms with Crippen molar-refractivity contribution in [3.63, 3.8) is 0 Å². The Hall–Kier alpha value is -0.120.